The second-order valence-electron chi connectivity index (χ2n) is 9.14. The number of H-pyrrole nitrogens is 1. The van der Waals surface area contributed by atoms with Crippen LogP contribution in [0.1, 0.15) is 52.9 Å². The fourth-order valence-electron chi connectivity index (χ4n) is 2.56. The van der Waals surface area contributed by atoms with Gasteiger partial charge in [-0.3, -0.25) is 9.82 Å². The molecule has 30 heavy (non-hydrogen) atoms. The molecule has 2 rings (SSSR count). The van der Waals surface area contributed by atoms with Crippen LogP contribution in [-0.2, 0) is 28.1 Å². The number of anilines is 1. The highest BCUT2D eigenvalue weighted by Crippen LogP contribution is 2.41. The van der Waals surface area contributed by atoms with Gasteiger partial charge in [0.1, 0.15) is 0 Å². The van der Waals surface area contributed by atoms with Gasteiger partial charge in [0.25, 0.3) is 5.69 Å². The van der Waals surface area contributed by atoms with Crippen LogP contribution in [0.4, 0.5) is 23.0 Å². The molecule has 0 saturated carbocycles. The predicted molar refractivity (Wildman–Crippen MR) is 116 cm³/mol. The lowest BCUT2D eigenvalue weighted by Crippen LogP contribution is -2.29. The molecular weight excluding hydrogens is 406 g/mol. The average molecular weight is 436 g/mol. The van der Waals surface area contributed by atoms with Crippen LogP contribution in [0.15, 0.2) is 10.2 Å². The molecule has 2 N–H and O–H groups in total. The zero-order chi connectivity index (χ0) is 23.1. The van der Waals surface area contributed by atoms with Crippen LogP contribution in [-0.4, -0.2) is 46.8 Å². The molecule has 0 aromatic carbocycles. The topological polar surface area (TPSA) is 125 Å². The molecule has 2 aromatic rings. The highest BCUT2D eigenvalue weighted by Gasteiger charge is 2.29. The molecule has 0 aliphatic carbocycles. The highest BCUT2D eigenvalue weighted by molar-refractivity contribution is 7.90. The summed E-state index contributed by atoms with van der Waals surface area (Å²) < 4.78 is 29.8. The minimum absolute atomic E-state index is 0.139. The number of hydrogen-bond acceptors (Lipinski definition) is 6. The SMILES string of the molecule is [C-]#[N+]c1c(N=Nc2c(C(C)(C)C)nn(C)c2NS(=O)(=O)N(C)C)n[nH]c1C(C)(C)C. The fraction of sp³-hybridized carbons (Fsp3) is 0.611. The smallest absolute Gasteiger partial charge is 0.291 e. The van der Waals surface area contributed by atoms with Gasteiger partial charge in [0.15, 0.2) is 11.5 Å². The molecule has 164 valence electrons. The van der Waals surface area contributed by atoms with Crippen molar-refractivity contribution in [3.05, 3.63) is 22.8 Å². The van der Waals surface area contributed by atoms with E-state index in [2.05, 4.69) is 35.1 Å². The lowest BCUT2D eigenvalue weighted by atomic mass is 9.91. The summed E-state index contributed by atoms with van der Waals surface area (Å²) in [5, 5.41) is 19.9. The first kappa shape index (κ1) is 23.5. The number of nitrogens with one attached hydrogen (secondary N) is 2. The van der Waals surface area contributed by atoms with Gasteiger partial charge in [0, 0.05) is 32.3 Å². The van der Waals surface area contributed by atoms with E-state index in [-0.39, 0.29) is 28.4 Å². The van der Waals surface area contributed by atoms with Crippen molar-refractivity contribution in [1.29, 1.82) is 0 Å². The lowest BCUT2D eigenvalue weighted by Gasteiger charge is -2.16. The van der Waals surface area contributed by atoms with Crippen LogP contribution in [0.25, 0.3) is 4.85 Å². The largest absolute Gasteiger partial charge is 0.302 e. The Morgan fingerprint density at radius 3 is 2.20 bits per heavy atom. The van der Waals surface area contributed by atoms with Gasteiger partial charge >= 0.3 is 10.2 Å². The molecule has 0 spiro atoms. The zero-order valence-corrected chi connectivity index (χ0v) is 19.7. The third-order valence-corrected chi connectivity index (χ3v) is 5.68. The Bertz CT molecular complexity index is 1100. The number of rotatable bonds is 5. The van der Waals surface area contributed by atoms with Gasteiger partial charge in [-0.05, 0) is 5.41 Å². The highest BCUT2D eigenvalue weighted by atomic mass is 32.2. The van der Waals surface area contributed by atoms with Crippen molar-refractivity contribution in [3.63, 3.8) is 0 Å². The summed E-state index contributed by atoms with van der Waals surface area (Å²) in [4.78, 5) is 3.55. The molecule has 0 saturated heterocycles. The summed E-state index contributed by atoms with van der Waals surface area (Å²) in [7, 11) is 0.677. The molecule has 0 amide bonds. The van der Waals surface area contributed by atoms with Crippen molar-refractivity contribution in [2.45, 2.75) is 52.4 Å². The van der Waals surface area contributed by atoms with Gasteiger partial charge in [0.05, 0.1) is 12.3 Å². The van der Waals surface area contributed by atoms with Crippen molar-refractivity contribution < 1.29 is 8.42 Å². The van der Waals surface area contributed by atoms with Crippen LogP contribution < -0.4 is 4.72 Å². The number of azo groups is 1. The Morgan fingerprint density at radius 2 is 1.73 bits per heavy atom. The molecule has 2 aromatic heterocycles. The van der Waals surface area contributed by atoms with E-state index < -0.39 is 15.6 Å². The summed E-state index contributed by atoms with van der Waals surface area (Å²) in [6.07, 6.45) is 0. The molecule has 0 atom stereocenters. The number of aromatic nitrogens is 4. The first-order valence-electron chi connectivity index (χ1n) is 9.25. The lowest BCUT2D eigenvalue weighted by molar-refractivity contribution is 0.526. The molecule has 2 heterocycles. The molecule has 0 fully saturated rings. The maximum absolute atomic E-state index is 12.4. The third-order valence-electron chi connectivity index (χ3n) is 4.27. The summed E-state index contributed by atoms with van der Waals surface area (Å²) >= 11 is 0. The van der Waals surface area contributed by atoms with Gasteiger partial charge in [-0.25, -0.2) is 9.53 Å². The van der Waals surface area contributed by atoms with Crippen molar-refractivity contribution in [3.8, 4) is 0 Å². The Labute approximate surface area is 177 Å². The van der Waals surface area contributed by atoms with Gasteiger partial charge < -0.3 is 0 Å². The monoisotopic (exact) mass is 435 g/mol. The van der Waals surface area contributed by atoms with Gasteiger partial charge in [-0.2, -0.15) is 22.9 Å². The van der Waals surface area contributed by atoms with E-state index in [1.807, 2.05) is 41.5 Å². The Morgan fingerprint density at radius 1 is 1.13 bits per heavy atom. The molecular formula is C18H29N9O2S. The van der Waals surface area contributed by atoms with Crippen LogP contribution >= 0.6 is 0 Å². The molecule has 0 bridgehead atoms. The van der Waals surface area contributed by atoms with E-state index in [9.17, 15) is 8.42 Å². The second kappa shape index (κ2) is 7.81. The molecule has 0 aliphatic heterocycles. The van der Waals surface area contributed by atoms with Crippen LogP contribution in [0.3, 0.4) is 0 Å². The van der Waals surface area contributed by atoms with Crippen molar-refractivity contribution in [2.75, 3.05) is 18.8 Å². The van der Waals surface area contributed by atoms with E-state index in [1.54, 1.807) is 7.05 Å². The van der Waals surface area contributed by atoms with Crippen LogP contribution in [0.5, 0.6) is 0 Å². The number of hydrogen-bond donors (Lipinski definition) is 2. The molecule has 0 aliphatic rings. The Balaban J connectivity index is 2.64. The normalized spacial score (nSPS) is 13.2. The minimum Gasteiger partial charge on any atom is -0.291 e. The fourth-order valence-corrected chi connectivity index (χ4v) is 3.22. The summed E-state index contributed by atoms with van der Waals surface area (Å²) in [5.74, 6) is 0.313. The number of nitrogens with zero attached hydrogens (tertiary/aromatic N) is 7. The molecule has 11 nitrogen and oxygen atoms in total. The van der Waals surface area contributed by atoms with Crippen molar-refractivity contribution in [2.24, 2.45) is 17.3 Å². The molecule has 0 radical (unpaired) electrons. The molecule has 0 unspecified atom stereocenters. The van der Waals surface area contributed by atoms with E-state index in [0.29, 0.717) is 11.4 Å². The standard InChI is InChI=1S/C18H29N9O2S/c1-17(2,3)13-11(19-7)15(23-21-13)22-20-12-14(18(4,5)6)24-27(10)16(12)25-30(28,29)26(8)9/h25H,1-6,8-10H3,(H,21,23). The quantitative estimate of drug-likeness (QED) is 0.545. The maximum Gasteiger partial charge on any atom is 0.302 e. The number of aromatic amines is 1. The predicted octanol–water partition coefficient (Wildman–Crippen LogP) is 3.92. The average Bonchev–Trinajstić information content (AvgIpc) is 3.13. The van der Waals surface area contributed by atoms with Crippen LogP contribution in [0.2, 0.25) is 0 Å². The second-order valence-corrected chi connectivity index (χ2v) is 11.0. The number of aryl methyl sites for hydroxylation is 1. The third kappa shape index (κ3) is 4.68. The maximum atomic E-state index is 12.4. The zero-order valence-electron chi connectivity index (χ0n) is 18.9. The first-order chi connectivity index (χ1) is 13.6. The van der Waals surface area contributed by atoms with Crippen LogP contribution in [0, 0.1) is 6.57 Å². The molecule has 12 heteroatoms. The first-order valence-corrected chi connectivity index (χ1v) is 10.7. The Kier molecular flexibility index (Phi) is 6.11. The van der Waals surface area contributed by atoms with E-state index >= 15 is 0 Å². The minimum atomic E-state index is -3.79. The summed E-state index contributed by atoms with van der Waals surface area (Å²) in [5.41, 5.74) is 1.01. The van der Waals surface area contributed by atoms with Gasteiger partial charge in [0.2, 0.25) is 5.82 Å². The van der Waals surface area contributed by atoms with Gasteiger partial charge in [-0.1, -0.05) is 41.5 Å². The van der Waals surface area contributed by atoms with E-state index in [0.717, 1.165) is 4.31 Å². The van der Waals surface area contributed by atoms with E-state index in [4.69, 9.17) is 6.57 Å². The van der Waals surface area contributed by atoms with E-state index in [1.165, 1.54) is 18.8 Å². The summed E-state index contributed by atoms with van der Waals surface area (Å²) in [6, 6.07) is 0. The summed E-state index contributed by atoms with van der Waals surface area (Å²) in [6.45, 7) is 19.2. The van der Waals surface area contributed by atoms with Crippen molar-refractivity contribution >= 4 is 33.2 Å². The van der Waals surface area contributed by atoms with Gasteiger partial charge in [-0.15, -0.1) is 10.2 Å². The Hall–Kier alpha value is -2.78. The van der Waals surface area contributed by atoms with Crippen molar-refractivity contribution in [1.82, 2.24) is 24.3 Å².